The van der Waals surface area contributed by atoms with Gasteiger partial charge in [0, 0.05) is 18.2 Å². The van der Waals surface area contributed by atoms with Crippen LogP contribution in [0.15, 0.2) is 35.9 Å². The molecule has 1 saturated heterocycles. The Morgan fingerprint density at radius 2 is 1.74 bits per heavy atom. The molecule has 1 amide bonds. The average Bonchev–Trinajstić information content (AvgIpc) is 3.14. The summed E-state index contributed by atoms with van der Waals surface area (Å²) in [7, 11) is 1.31. The molecular weight excluding hydrogens is 571 g/mol. The summed E-state index contributed by atoms with van der Waals surface area (Å²) in [6.45, 7) is 5.64. The molecule has 0 spiro atoms. The fourth-order valence-corrected chi connectivity index (χ4v) is 5.61. The van der Waals surface area contributed by atoms with Crippen LogP contribution in [0.25, 0.3) is 5.57 Å². The van der Waals surface area contributed by atoms with Gasteiger partial charge in [-0.1, -0.05) is 25.5 Å². The SMILES string of the molecule is COc1cc(F)c(OCC(F)(F)F)cc1C1=C(CN2C(=O)O[C@H](c3cc(C)cc(C(F)(F)F)c3)[C@@H]2C)CC(C)(C)CC1. The van der Waals surface area contributed by atoms with E-state index in [4.69, 9.17) is 14.2 Å². The fraction of sp³-hybridized carbons (Fsp3) is 0.500. The molecule has 12 heteroatoms. The van der Waals surface area contributed by atoms with Gasteiger partial charge < -0.3 is 14.2 Å². The Morgan fingerprint density at radius 3 is 2.36 bits per heavy atom. The standard InChI is InChI=1S/C30H32F7NO4/c1-16-8-18(10-20(9-16)30(35,36)37)26-17(2)38(27(39)42-26)14-19-13-28(3,4)7-6-21(19)22-11-25(41-15-29(32,33)34)23(31)12-24(22)40-5/h8-12,17,26H,6-7,13-15H2,1-5H3/t17-,26-/m0/s1. The van der Waals surface area contributed by atoms with Crippen LogP contribution in [0.2, 0.25) is 0 Å². The molecule has 2 atom stereocenters. The Hall–Kier alpha value is -3.44. The number of methoxy groups -OCH3 is 1. The molecule has 1 aliphatic heterocycles. The van der Waals surface area contributed by atoms with Gasteiger partial charge >= 0.3 is 18.4 Å². The van der Waals surface area contributed by atoms with E-state index in [1.807, 2.05) is 13.8 Å². The van der Waals surface area contributed by atoms with Crippen molar-refractivity contribution in [1.82, 2.24) is 4.90 Å². The summed E-state index contributed by atoms with van der Waals surface area (Å²) in [6, 6.07) is 5.04. The molecule has 4 rings (SSSR count). The van der Waals surface area contributed by atoms with Crippen molar-refractivity contribution in [2.75, 3.05) is 20.3 Å². The number of ether oxygens (including phenoxy) is 3. The predicted octanol–water partition coefficient (Wildman–Crippen LogP) is 8.65. The van der Waals surface area contributed by atoms with E-state index in [0.717, 1.165) is 23.8 Å². The van der Waals surface area contributed by atoms with Crippen LogP contribution in [-0.2, 0) is 10.9 Å². The van der Waals surface area contributed by atoms with E-state index in [2.05, 4.69) is 0 Å². The molecular formula is C30H32F7NO4. The van der Waals surface area contributed by atoms with E-state index in [9.17, 15) is 35.5 Å². The minimum absolute atomic E-state index is 0.0481. The van der Waals surface area contributed by atoms with Crippen LogP contribution >= 0.6 is 0 Å². The van der Waals surface area contributed by atoms with Crippen molar-refractivity contribution in [3.05, 3.63) is 64.0 Å². The van der Waals surface area contributed by atoms with E-state index in [1.54, 1.807) is 13.0 Å². The maximum Gasteiger partial charge on any atom is 0.422 e. The van der Waals surface area contributed by atoms with Gasteiger partial charge in [0.15, 0.2) is 18.2 Å². The molecule has 0 bridgehead atoms. The number of hydrogen-bond acceptors (Lipinski definition) is 4. The van der Waals surface area contributed by atoms with Crippen molar-refractivity contribution >= 4 is 11.7 Å². The van der Waals surface area contributed by atoms with Crippen molar-refractivity contribution in [1.29, 1.82) is 0 Å². The second-order valence-electron chi connectivity index (χ2n) is 11.6. The molecule has 0 unspecified atom stereocenters. The van der Waals surface area contributed by atoms with Gasteiger partial charge in [-0.2, -0.15) is 26.3 Å². The average molecular weight is 604 g/mol. The number of halogens is 7. The van der Waals surface area contributed by atoms with E-state index < -0.39 is 54.3 Å². The first-order valence-corrected chi connectivity index (χ1v) is 13.3. The van der Waals surface area contributed by atoms with E-state index in [-0.39, 0.29) is 23.3 Å². The monoisotopic (exact) mass is 603 g/mol. The molecule has 1 heterocycles. The molecule has 2 aromatic rings. The molecule has 2 aromatic carbocycles. The number of alkyl halides is 6. The molecule has 1 aliphatic carbocycles. The first-order valence-electron chi connectivity index (χ1n) is 13.3. The Morgan fingerprint density at radius 1 is 1.05 bits per heavy atom. The lowest BCUT2D eigenvalue weighted by Crippen LogP contribution is -2.35. The number of allylic oxidation sites excluding steroid dienone is 1. The van der Waals surface area contributed by atoms with Gasteiger partial charge in [-0.25, -0.2) is 9.18 Å². The lowest BCUT2D eigenvalue weighted by Gasteiger charge is -2.36. The van der Waals surface area contributed by atoms with Crippen molar-refractivity contribution in [2.45, 2.75) is 71.5 Å². The van der Waals surface area contributed by atoms with Crippen LogP contribution < -0.4 is 9.47 Å². The van der Waals surface area contributed by atoms with Gasteiger partial charge in [0.2, 0.25) is 0 Å². The molecule has 0 N–H and O–H groups in total. The molecule has 0 radical (unpaired) electrons. The summed E-state index contributed by atoms with van der Waals surface area (Å²) in [5, 5.41) is 0. The second-order valence-corrected chi connectivity index (χ2v) is 11.6. The minimum Gasteiger partial charge on any atom is -0.496 e. The number of carbonyl (C=O) groups excluding carboxylic acids is 1. The Balaban J connectivity index is 1.72. The Bertz CT molecular complexity index is 1380. The normalized spacial score (nSPS) is 21.0. The molecule has 0 aromatic heterocycles. The van der Waals surface area contributed by atoms with Crippen molar-refractivity contribution in [3.8, 4) is 11.5 Å². The van der Waals surface area contributed by atoms with Crippen molar-refractivity contribution < 1.29 is 49.7 Å². The number of hydrogen-bond donors (Lipinski definition) is 0. The van der Waals surface area contributed by atoms with Crippen LogP contribution in [0.5, 0.6) is 11.5 Å². The molecule has 5 nitrogen and oxygen atoms in total. The van der Waals surface area contributed by atoms with Gasteiger partial charge in [-0.05, 0) is 73.4 Å². The molecule has 42 heavy (non-hydrogen) atoms. The van der Waals surface area contributed by atoms with Gasteiger partial charge in [0.05, 0.1) is 18.7 Å². The fourth-order valence-electron chi connectivity index (χ4n) is 5.61. The van der Waals surface area contributed by atoms with Crippen LogP contribution in [0.4, 0.5) is 35.5 Å². The minimum atomic E-state index is -4.67. The first kappa shape index (κ1) is 31.5. The topological polar surface area (TPSA) is 48.0 Å². The number of cyclic esters (lactones) is 1. The number of aryl methyl sites for hydroxylation is 1. The maximum atomic E-state index is 14.6. The van der Waals surface area contributed by atoms with E-state index >= 15 is 0 Å². The highest BCUT2D eigenvalue weighted by molar-refractivity contribution is 5.77. The molecule has 230 valence electrons. The zero-order chi connectivity index (χ0) is 31.2. The van der Waals surface area contributed by atoms with E-state index in [1.165, 1.54) is 25.0 Å². The van der Waals surface area contributed by atoms with Gasteiger partial charge in [-0.15, -0.1) is 0 Å². The smallest absolute Gasteiger partial charge is 0.422 e. The lowest BCUT2D eigenvalue weighted by molar-refractivity contribution is -0.153. The third kappa shape index (κ3) is 6.95. The highest BCUT2D eigenvalue weighted by Gasteiger charge is 2.42. The van der Waals surface area contributed by atoms with Crippen LogP contribution in [0, 0.1) is 18.2 Å². The van der Waals surface area contributed by atoms with Gasteiger partial charge in [-0.3, -0.25) is 4.90 Å². The summed E-state index contributed by atoms with van der Waals surface area (Å²) in [6.07, 6.45) is -9.28. The highest BCUT2D eigenvalue weighted by atomic mass is 19.4. The number of amides is 1. The zero-order valence-electron chi connectivity index (χ0n) is 23.8. The van der Waals surface area contributed by atoms with E-state index in [0.29, 0.717) is 36.0 Å². The third-order valence-electron chi connectivity index (χ3n) is 7.65. The Labute approximate surface area is 239 Å². The molecule has 2 aliphatic rings. The second kappa shape index (κ2) is 11.3. The Kier molecular flexibility index (Phi) is 8.50. The van der Waals surface area contributed by atoms with Crippen LogP contribution in [0.1, 0.15) is 68.4 Å². The molecule has 1 fully saturated rings. The van der Waals surface area contributed by atoms with Crippen molar-refractivity contribution in [3.63, 3.8) is 0 Å². The highest BCUT2D eigenvalue weighted by Crippen LogP contribution is 2.47. The largest absolute Gasteiger partial charge is 0.496 e. The number of benzene rings is 2. The lowest BCUT2D eigenvalue weighted by atomic mass is 9.72. The summed E-state index contributed by atoms with van der Waals surface area (Å²) in [5.74, 6) is -1.52. The van der Waals surface area contributed by atoms with Gasteiger partial charge in [0.25, 0.3) is 0 Å². The first-order chi connectivity index (χ1) is 19.4. The maximum absolute atomic E-state index is 14.6. The number of carbonyl (C=O) groups is 1. The summed E-state index contributed by atoms with van der Waals surface area (Å²) in [5.41, 5.74) is 1.30. The summed E-state index contributed by atoms with van der Waals surface area (Å²) >= 11 is 0. The summed E-state index contributed by atoms with van der Waals surface area (Å²) < 4.78 is 109. The van der Waals surface area contributed by atoms with Crippen LogP contribution in [-0.4, -0.2) is 43.5 Å². The number of rotatable bonds is 7. The quantitative estimate of drug-likeness (QED) is 0.297. The molecule has 0 saturated carbocycles. The third-order valence-corrected chi connectivity index (χ3v) is 7.65. The predicted molar refractivity (Wildman–Crippen MR) is 141 cm³/mol. The van der Waals surface area contributed by atoms with Crippen LogP contribution in [0.3, 0.4) is 0 Å². The summed E-state index contributed by atoms with van der Waals surface area (Å²) in [4.78, 5) is 14.5. The number of nitrogens with zero attached hydrogens (tertiary/aromatic N) is 1. The zero-order valence-corrected chi connectivity index (χ0v) is 23.8. The van der Waals surface area contributed by atoms with Gasteiger partial charge in [0.1, 0.15) is 11.9 Å². The van der Waals surface area contributed by atoms with Crippen molar-refractivity contribution in [2.24, 2.45) is 5.41 Å².